The Morgan fingerprint density at radius 1 is 1.10 bits per heavy atom. The maximum Gasteiger partial charge on any atom is 0.0175 e. The van der Waals surface area contributed by atoms with Crippen molar-refractivity contribution in [3.05, 3.63) is 46.0 Å². The van der Waals surface area contributed by atoms with Crippen molar-refractivity contribution in [2.24, 2.45) is 0 Å². The molecule has 0 saturated heterocycles. The highest BCUT2D eigenvalue weighted by molar-refractivity contribution is 9.10. The first kappa shape index (κ1) is 14.3. The standard InChI is InChI=1S/C18H24BrN/c19-17-8-6-15(7-9-17)16-12-18(13-16)20-11-10-14-4-2-1-3-5-14/h4,6-9,16,18,20H,1-3,5,10-13H2. The summed E-state index contributed by atoms with van der Waals surface area (Å²) in [7, 11) is 0. The Morgan fingerprint density at radius 2 is 1.90 bits per heavy atom. The number of hydrogen-bond donors (Lipinski definition) is 1. The molecule has 1 saturated carbocycles. The number of halogens is 1. The third-order valence-corrected chi connectivity index (χ3v) is 5.27. The second-order valence-corrected chi connectivity index (χ2v) is 7.14. The molecule has 0 bridgehead atoms. The van der Waals surface area contributed by atoms with Gasteiger partial charge in [-0.2, -0.15) is 0 Å². The molecule has 2 aliphatic carbocycles. The molecule has 0 unspecified atom stereocenters. The Labute approximate surface area is 131 Å². The van der Waals surface area contributed by atoms with Crippen molar-refractivity contribution in [1.82, 2.24) is 5.32 Å². The van der Waals surface area contributed by atoms with Gasteiger partial charge in [-0.15, -0.1) is 0 Å². The predicted octanol–water partition coefficient (Wildman–Crippen LogP) is 5.18. The number of allylic oxidation sites excluding steroid dienone is 1. The third kappa shape index (κ3) is 3.73. The van der Waals surface area contributed by atoms with Gasteiger partial charge in [0.05, 0.1) is 0 Å². The molecule has 2 heteroatoms. The van der Waals surface area contributed by atoms with Crippen molar-refractivity contribution in [1.29, 1.82) is 0 Å². The van der Waals surface area contributed by atoms with Gasteiger partial charge in [0, 0.05) is 10.5 Å². The van der Waals surface area contributed by atoms with Crippen LogP contribution in [0.4, 0.5) is 0 Å². The summed E-state index contributed by atoms with van der Waals surface area (Å²) in [6, 6.07) is 9.58. The van der Waals surface area contributed by atoms with E-state index in [9.17, 15) is 0 Å². The summed E-state index contributed by atoms with van der Waals surface area (Å²) in [6.07, 6.45) is 11.8. The highest BCUT2D eigenvalue weighted by Gasteiger charge is 2.29. The summed E-state index contributed by atoms with van der Waals surface area (Å²) in [5.41, 5.74) is 3.19. The van der Waals surface area contributed by atoms with E-state index in [2.05, 4.69) is 51.6 Å². The van der Waals surface area contributed by atoms with Gasteiger partial charge in [-0.1, -0.05) is 39.7 Å². The lowest BCUT2D eigenvalue weighted by atomic mass is 9.76. The monoisotopic (exact) mass is 333 g/mol. The van der Waals surface area contributed by atoms with Gasteiger partial charge in [-0.05, 0) is 75.1 Å². The van der Waals surface area contributed by atoms with Crippen molar-refractivity contribution in [3.63, 3.8) is 0 Å². The van der Waals surface area contributed by atoms with Crippen molar-refractivity contribution in [2.75, 3.05) is 6.54 Å². The smallest absolute Gasteiger partial charge is 0.0175 e. The molecule has 0 heterocycles. The lowest BCUT2D eigenvalue weighted by Crippen LogP contribution is -2.40. The van der Waals surface area contributed by atoms with Crippen LogP contribution in [0.5, 0.6) is 0 Å². The van der Waals surface area contributed by atoms with Crippen molar-refractivity contribution >= 4 is 15.9 Å². The first-order chi connectivity index (χ1) is 9.81. The van der Waals surface area contributed by atoms with E-state index >= 15 is 0 Å². The minimum absolute atomic E-state index is 0.743. The first-order valence-corrected chi connectivity index (χ1v) is 8.77. The summed E-state index contributed by atoms with van der Waals surface area (Å²) < 4.78 is 1.18. The number of nitrogens with one attached hydrogen (secondary N) is 1. The first-order valence-electron chi connectivity index (χ1n) is 7.98. The number of hydrogen-bond acceptors (Lipinski definition) is 1. The van der Waals surface area contributed by atoms with E-state index in [0.717, 1.165) is 12.0 Å². The molecule has 108 valence electrons. The van der Waals surface area contributed by atoms with Crippen LogP contribution < -0.4 is 5.32 Å². The molecule has 20 heavy (non-hydrogen) atoms. The Bertz CT molecular complexity index is 457. The van der Waals surface area contributed by atoms with Gasteiger partial charge in [0.2, 0.25) is 0 Å². The molecule has 1 nitrogen and oxygen atoms in total. The molecule has 3 rings (SSSR count). The molecular weight excluding hydrogens is 310 g/mol. The minimum Gasteiger partial charge on any atom is -0.314 e. The average molecular weight is 334 g/mol. The number of benzene rings is 1. The van der Waals surface area contributed by atoms with E-state index in [1.165, 1.54) is 61.5 Å². The zero-order chi connectivity index (χ0) is 13.8. The van der Waals surface area contributed by atoms with Gasteiger partial charge in [-0.25, -0.2) is 0 Å². The van der Waals surface area contributed by atoms with Gasteiger partial charge in [0.25, 0.3) is 0 Å². The van der Waals surface area contributed by atoms with Crippen LogP contribution in [-0.2, 0) is 0 Å². The Balaban J connectivity index is 1.36. The summed E-state index contributed by atoms with van der Waals surface area (Å²) in [6.45, 7) is 1.17. The molecular formula is C18H24BrN. The molecule has 0 aromatic heterocycles. The fraction of sp³-hybridized carbons (Fsp3) is 0.556. The van der Waals surface area contributed by atoms with Crippen LogP contribution in [-0.4, -0.2) is 12.6 Å². The molecule has 0 aliphatic heterocycles. The van der Waals surface area contributed by atoms with Crippen LogP contribution in [0.1, 0.15) is 56.4 Å². The Kier molecular flexibility index (Phi) is 4.95. The lowest BCUT2D eigenvalue weighted by Gasteiger charge is -2.36. The maximum absolute atomic E-state index is 3.73. The van der Waals surface area contributed by atoms with Gasteiger partial charge in [0.1, 0.15) is 0 Å². The van der Waals surface area contributed by atoms with Gasteiger partial charge in [-0.3, -0.25) is 0 Å². The van der Waals surface area contributed by atoms with E-state index in [0.29, 0.717) is 0 Å². The Hall–Kier alpha value is -0.600. The lowest BCUT2D eigenvalue weighted by molar-refractivity contribution is 0.292. The summed E-state index contributed by atoms with van der Waals surface area (Å²) >= 11 is 3.50. The van der Waals surface area contributed by atoms with Crippen LogP contribution in [0, 0.1) is 0 Å². The molecule has 0 spiro atoms. The van der Waals surface area contributed by atoms with E-state index in [1.54, 1.807) is 5.57 Å². The van der Waals surface area contributed by atoms with Gasteiger partial charge in [0.15, 0.2) is 0 Å². The zero-order valence-electron chi connectivity index (χ0n) is 12.1. The van der Waals surface area contributed by atoms with Crippen LogP contribution in [0.25, 0.3) is 0 Å². The molecule has 0 amide bonds. The van der Waals surface area contributed by atoms with E-state index in [4.69, 9.17) is 0 Å². The summed E-state index contributed by atoms with van der Waals surface area (Å²) in [5, 5.41) is 3.73. The van der Waals surface area contributed by atoms with Gasteiger partial charge >= 0.3 is 0 Å². The molecule has 1 fully saturated rings. The minimum atomic E-state index is 0.743. The van der Waals surface area contributed by atoms with Crippen molar-refractivity contribution in [3.8, 4) is 0 Å². The quantitative estimate of drug-likeness (QED) is 0.732. The molecule has 1 aromatic rings. The highest BCUT2D eigenvalue weighted by atomic mass is 79.9. The van der Waals surface area contributed by atoms with Crippen molar-refractivity contribution < 1.29 is 0 Å². The zero-order valence-corrected chi connectivity index (χ0v) is 13.7. The molecule has 1 N–H and O–H groups in total. The van der Waals surface area contributed by atoms with Gasteiger partial charge < -0.3 is 5.32 Å². The molecule has 0 atom stereocenters. The highest BCUT2D eigenvalue weighted by Crippen LogP contribution is 2.37. The second kappa shape index (κ2) is 6.91. The van der Waals surface area contributed by atoms with Crippen LogP contribution in [0.2, 0.25) is 0 Å². The van der Waals surface area contributed by atoms with E-state index in [-0.39, 0.29) is 0 Å². The van der Waals surface area contributed by atoms with Crippen LogP contribution >= 0.6 is 15.9 Å². The molecule has 1 aromatic carbocycles. The average Bonchev–Trinajstić information content (AvgIpc) is 2.44. The van der Waals surface area contributed by atoms with E-state index in [1.807, 2.05) is 0 Å². The fourth-order valence-electron chi connectivity index (χ4n) is 3.36. The normalized spacial score (nSPS) is 25.9. The third-order valence-electron chi connectivity index (χ3n) is 4.74. The second-order valence-electron chi connectivity index (χ2n) is 6.23. The Morgan fingerprint density at radius 3 is 2.60 bits per heavy atom. The molecule has 2 aliphatic rings. The SMILES string of the molecule is Brc1ccc(C2CC(NCCC3=CCCCC3)C2)cc1. The van der Waals surface area contributed by atoms with Crippen LogP contribution in [0.3, 0.4) is 0 Å². The van der Waals surface area contributed by atoms with Crippen LogP contribution in [0.15, 0.2) is 40.4 Å². The topological polar surface area (TPSA) is 12.0 Å². The molecule has 0 radical (unpaired) electrons. The van der Waals surface area contributed by atoms with E-state index < -0.39 is 0 Å². The van der Waals surface area contributed by atoms with Crippen molar-refractivity contribution in [2.45, 2.75) is 56.9 Å². The predicted molar refractivity (Wildman–Crippen MR) is 89.1 cm³/mol. The number of rotatable bonds is 5. The summed E-state index contributed by atoms with van der Waals surface area (Å²) in [5.74, 6) is 0.773. The largest absolute Gasteiger partial charge is 0.314 e. The maximum atomic E-state index is 3.73. The summed E-state index contributed by atoms with van der Waals surface area (Å²) in [4.78, 5) is 0. The fourth-order valence-corrected chi connectivity index (χ4v) is 3.62.